The maximum atomic E-state index is 5.90. The predicted octanol–water partition coefficient (Wildman–Crippen LogP) is 2.04. The van der Waals surface area contributed by atoms with Gasteiger partial charge in [0.15, 0.2) is 0 Å². The average molecular weight is 257 g/mol. The van der Waals surface area contributed by atoms with Crippen molar-refractivity contribution in [1.29, 1.82) is 0 Å². The van der Waals surface area contributed by atoms with Crippen LogP contribution in [0.3, 0.4) is 0 Å². The Labute approximate surface area is 115 Å². The Bertz CT molecular complexity index is 485. The summed E-state index contributed by atoms with van der Waals surface area (Å²) >= 11 is 0. The van der Waals surface area contributed by atoms with Crippen LogP contribution in [0.5, 0.6) is 0 Å². The molecular formula is C16H23N3. The first-order chi connectivity index (χ1) is 9.31. The molecule has 3 aliphatic rings. The van der Waals surface area contributed by atoms with Gasteiger partial charge in [-0.2, -0.15) is 0 Å². The lowest BCUT2D eigenvalue weighted by Gasteiger charge is -2.40. The molecule has 2 saturated heterocycles. The van der Waals surface area contributed by atoms with Gasteiger partial charge < -0.3 is 5.73 Å². The second-order valence-corrected chi connectivity index (χ2v) is 6.34. The second-order valence-electron chi connectivity index (χ2n) is 6.34. The molecule has 2 fully saturated rings. The Hall–Kier alpha value is -1.06. The fourth-order valence-corrected chi connectivity index (χ4v) is 4.29. The van der Waals surface area contributed by atoms with Gasteiger partial charge in [0, 0.05) is 37.4 Å². The largest absolute Gasteiger partial charge is 0.399 e. The Balaban J connectivity index is 1.55. The van der Waals surface area contributed by atoms with Crippen molar-refractivity contribution in [3.63, 3.8) is 0 Å². The molecule has 2 unspecified atom stereocenters. The normalized spacial score (nSPS) is 31.4. The minimum absolute atomic E-state index is 0.651. The van der Waals surface area contributed by atoms with E-state index in [1.165, 1.54) is 57.4 Å². The van der Waals surface area contributed by atoms with Crippen molar-refractivity contribution in [3.8, 4) is 0 Å². The first-order valence-corrected chi connectivity index (χ1v) is 7.67. The molecule has 19 heavy (non-hydrogen) atoms. The molecule has 2 heterocycles. The van der Waals surface area contributed by atoms with Crippen molar-refractivity contribution < 1.29 is 0 Å². The molecule has 4 rings (SSSR count). The number of nitrogens with two attached hydrogens (primary N) is 1. The second kappa shape index (κ2) is 4.50. The molecular weight excluding hydrogens is 234 g/mol. The number of fused-ring (bicyclic) bond motifs is 2. The van der Waals surface area contributed by atoms with Crippen LogP contribution >= 0.6 is 0 Å². The van der Waals surface area contributed by atoms with Crippen molar-refractivity contribution in [2.75, 3.05) is 31.9 Å². The third-order valence-electron chi connectivity index (χ3n) is 5.27. The summed E-state index contributed by atoms with van der Waals surface area (Å²) < 4.78 is 0. The van der Waals surface area contributed by atoms with E-state index in [0.717, 1.165) is 11.7 Å². The molecule has 0 amide bonds. The standard InChI is InChI=1S/C16H23N3/c17-13-4-5-15-12(10-13)3-6-16(15)19-9-8-18-7-1-2-14(18)11-19/h4-5,10,14,16H,1-3,6-9,11,17H2. The highest BCUT2D eigenvalue weighted by atomic mass is 15.3. The summed E-state index contributed by atoms with van der Waals surface area (Å²) in [5, 5.41) is 0. The zero-order valence-electron chi connectivity index (χ0n) is 11.5. The smallest absolute Gasteiger partial charge is 0.0355 e. The number of aryl methyl sites for hydroxylation is 1. The number of piperazine rings is 1. The molecule has 2 aliphatic heterocycles. The first kappa shape index (κ1) is 11.7. The van der Waals surface area contributed by atoms with E-state index < -0.39 is 0 Å². The summed E-state index contributed by atoms with van der Waals surface area (Å²) in [6.07, 6.45) is 5.29. The number of hydrogen-bond acceptors (Lipinski definition) is 3. The lowest BCUT2D eigenvalue weighted by Crippen LogP contribution is -2.50. The van der Waals surface area contributed by atoms with Gasteiger partial charge in [-0.15, -0.1) is 0 Å². The molecule has 0 aromatic heterocycles. The first-order valence-electron chi connectivity index (χ1n) is 7.67. The minimum atomic E-state index is 0.651. The van der Waals surface area contributed by atoms with Crippen LogP contribution in [-0.2, 0) is 6.42 Å². The number of anilines is 1. The molecule has 2 atom stereocenters. The number of hydrogen-bond donors (Lipinski definition) is 1. The molecule has 0 radical (unpaired) electrons. The molecule has 102 valence electrons. The number of rotatable bonds is 1. The van der Waals surface area contributed by atoms with Gasteiger partial charge in [-0.25, -0.2) is 0 Å². The molecule has 0 bridgehead atoms. The van der Waals surface area contributed by atoms with Crippen molar-refractivity contribution in [1.82, 2.24) is 9.80 Å². The fourth-order valence-electron chi connectivity index (χ4n) is 4.29. The van der Waals surface area contributed by atoms with Crippen molar-refractivity contribution in [2.45, 2.75) is 37.8 Å². The molecule has 2 N–H and O–H groups in total. The Morgan fingerprint density at radius 3 is 2.89 bits per heavy atom. The summed E-state index contributed by atoms with van der Waals surface area (Å²) in [4.78, 5) is 5.42. The van der Waals surface area contributed by atoms with Gasteiger partial charge in [0.2, 0.25) is 0 Å². The monoisotopic (exact) mass is 257 g/mol. The molecule has 3 nitrogen and oxygen atoms in total. The quantitative estimate of drug-likeness (QED) is 0.781. The topological polar surface area (TPSA) is 32.5 Å². The highest BCUT2D eigenvalue weighted by Crippen LogP contribution is 2.38. The summed E-state index contributed by atoms with van der Waals surface area (Å²) in [5.74, 6) is 0. The summed E-state index contributed by atoms with van der Waals surface area (Å²) in [6, 6.07) is 8.00. The van der Waals surface area contributed by atoms with E-state index in [0.29, 0.717) is 6.04 Å². The molecule has 0 saturated carbocycles. The SMILES string of the molecule is Nc1ccc2c(c1)CCC2N1CCN2CCCC2C1. The van der Waals surface area contributed by atoms with Gasteiger partial charge in [0.05, 0.1) is 0 Å². The number of nitrogens with zero attached hydrogens (tertiary/aromatic N) is 2. The fraction of sp³-hybridized carbons (Fsp3) is 0.625. The molecule has 3 heteroatoms. The van der Waals surface area contributed by atoms with Crippen molar-refractivity contribution >= 4 is 5.69 Å². The van der Waals surface area contributed by atoms with Crippen LogP contribution in [-0.4, -0.2) is 42.0 Å². The zero-order chi connectivity index (χ0) is 12.8. The summed E-state index contributed by atoms with van der Waals surface area (Å²) in [5.41, 5.74) is 9.85. The summed E-state index contributed by atoms with van der Waals surface area (Å²) in [6.45, 7) is 5.11. The van der Waals surface area contributed by atoms with Crippen LogP contribution in [0.1, 0.15) is 36.4 Å². The minimum Gasteiger partial charge on any atom is -0.399 e. The van der Waals surface area contributed by atoms with E-state index in [2.05, 4.69) is 28.0 Å². The van der Waals surface area contributed by atoms with Crippen LogP contribution in [0.4, 0.5) is 5.69 Å². The molecule has 0 spiro atoms. The Morgan fingerprint density at radius 1 is 1.05 bits per heavy atom. The van der Waals surface area contributed by atoms with Gasteiger partial charge in [0.25, 0.3) is 0 Å². The van der Waals surface area contributed by atoms with Crippen LogP contribution < -0.4 is 5.73 Å². The molecule has 1 aromatic carbocycles. The van der Waals surface area contributed by atoms with Gasteiger partial charge in [-0.3, -0.25) is 9.80 Å². The van der Waals surface area contributed by atoms with E-state index in [1.54, 1.807) is 5.56 Å². The van der Waals surface area contributed by atoms with E-state index in [9.17, 15) is 0 Å². The average Bonchev–Trinajstić information content (AvgIpc) is 3.02. The van der Waals surface area contributed by atoms with E-state index >= 15 is 0 Å². The Kier molecular flexibility index (Phi) is 2.78. The van der Waals surface area contributed by atoms with E-state index in [4.69, 9.17) is 5.73 Å². The van der Waals surface area contributed by atoms with E-state index in [-0.39, 0.29) is 0 Å². The van der Waals surface area contributed by atoms with Crippen LogP contribution in [0.25, 0.3) is 0 Å². The Morgan fingerprint density at radius 2 is 1.95 bits per heavy atom. The van der Waals surface area contributed by atoms with Gasteiger partial charge in [-0.05, 0) is 55.5 Å². The summed E-state index contributed by atoms with van der Waals surface area (Å²) in [7, 11) is 0. The molecule has 1 aliphatic carbocycles. The predicted molar refractivity (Wildman–Crippen MR) is 78.1 cm³/mol. The van der Waals surface area contributed by atoms with Gasteiger partial charge in [-0.1, -0.05) is 6.07 Å². The van der Waals surface area contributed by atoms with Gasteiger partial charge >= 0.3 is 0 Å². The number of benzene rings is 1. The third-order valence-corrected chi connectivity index (χ3v) is 5.27. The maximum Gasteiger partial charge on any atom is 0.0355 e. The lowest BCUT2D eigenvalue weighted by molar-refractivity contribution is 0.0715. The van der Waals surface area contributed by atoms with Crippen molar-refractivity contribution in [2.24, 2.45) is 0 Å². The van der Waals surface area contributed by atoms with E-state index in [1.807, 2.05) is 0 Å². The highest BCUT2D eigenvalue weighted by Gasteiger charge is 2.35. The molecule has 1 aromatic rings. The highest BCUT2D eigenvalue weighted by molar-refractivity contribution is 5.47. The van der Waals surface area contributed by atoms with Crippen LogP contribution in [0, 0.1) is 0 Å². The van der Waals surface area contributed by atoms with Crippen LogP contribution in [0.2, 0.25) is 0 Å². The number of nitrogen functional groups attached to an aromatic ring is 1. The maximum absolute atomic E-state index is 5.90. The zero-order valence-corrected chi connectivity index (χ0v) is 11.5. The third kappa shape index (κ3) is 1.96. The van der Waals surface area contributed by atoms with Crippen LogP contribution in [0.15, 0.2) is 18.2 Å². The lowest BCUT2D eigenvalue weighted by atomic mass is 10.0. The van der Waals surface area contributed by atoms with Crippen molar-refractivity contribution in [3.05, 3.63) is 29.3 Å². The van der Waals surface area contributed by atoms with Gasteiger partial charge in [0.1, 0.15) is 0 Å².